The minimum atomic E-state index is -3.38. The number of sulfone groups is 1. The highest BCUT2D eigenvalue weighted by atomic mass is 35.5. The fraction of sp³-hybridized carbons (Fsp3) is 0.385. The van der Waals surface area contributed by atoms with E-state index in [4.69, 9.17) is 16.3 Å². The van der Waals surface area contributed by atoms with Gasteiger partial charge in [0.15, 0.2) is 9.84 Å². The first-order valence-corrected chi connectivity index (χ1v) is 8.54. The van der Waals surface area contributed by atoms with Crippen LogP contribution < -0.4 is 4.74 Å². The van der Waals surface area contributed by atoms with Crippen molar-refractivity contribution in [2.45, 2.75) is 25.0 Å². The molecule has 0 bridgehead atoms. The van der Waals surface area contributed by atoms with Crippen LogP contribution in [0, 0.1) is 0 Å². The molecular formula is C13H16ClN3O3S. The van der Waals surface area contributed by atoms with E-state index < -0.39 is 9.84 Å². The lowest BCUT2D eigenvalue weighted by Crippen LogP contribution is -2.13. The lowest BCUT2D eigenvalue weighted by Gasteiger charge is -2.08. The monoisotopic (exact) mass is 329 g/mol. The van der Waals surface area contributed by atoms with E-state index in [2.05, 4.69) is 10.1 Å². The predicted octanol–water partition coefficient (Wildman–Crippen LogP) is 2.07. The summed E-state index contributed by atoms with van der Waals surface area (Å²) in [6.45, 7) is 2.46. The summed E-state index contributed by atoms with van der Waals surface area (Å²) in [6, 6.07) is 4.94. The van der Waals surface area contributed by atoms with Crippen molar-refractivity contribution in [2.75, 3.05) is 7.11 Å². The Labute approximate surface area is 128 Å². The van der Waals surface area contributed by atoms with Crippen LogP contribution in [0.3, 0.4) is 0 Å². The number of rotatable bonds is 6. The molecule has 2 aromatic rings. The molecule has 0 radical (unpaired) electrons. The molecule has 0 amide bonds. The Balaban J connectivity index is 2.18. The fourth-order valence-electron chi connectivity index (χ4n) is 1.92. The first kappa shape index (κ1) is 15.8. The van der Waals surface area contributed by atoms with Crippen molar-refractivity contribution in [2.24, 2.45) is 0 Å². The first-order valence-electron chi connectivity index (χ1n) is 6.34. The number of methoxy groups -OCH3 is 1. The number of halogens is 1. The molecule has 0 unspecified atom stereocenters. The lowest BCUT2D eigenvalue weighted by atomic mass is 10.2. The van der Waals surface area contributed by atoms with Crippen LogP contribution in [0.4, 0.5) is 0 Å². The van der Waals surface area contributed by atoms with E-state index >= 15 is 0 Å². The summed E-state index contributed by atoms with van der Waals surface area (Å²) in [5, 5.41) is 4.33. The third kappa shape index (κ3) is 3.95. The number of nitrogens with zero attached hydrogens (tertiary/aromatic N) is 3. The maximum Gasteiger partial charge on any atom is 0.161 e. The summed E-state index contributed by atoms with van der Waals surface area (Å²) in [5.74, 6) is 0.712. The van der Waals surface area contributed by atoms with E-state index in [1.165, 1.54) is 13.4 Å². The largest absolute Gasteiger partial charge is 0.497 e. The SMILES string of the molecule is CCn1ncnc1CS(=O)(=O)Cc1ccc(OC)cc1Cl. The van der Waals surface area contributed by atoms with E-state index in [9.17, 15) is 8.42 Å². The second-order valence-electron chi connectivity index (χ2n) is 4.48. The molecule has 0 aliphatic carbocycles. The third-order valence-corrected chi connectivity index (χ3v) is 4.78. The Bertz CT molecular complexity index is 728. The average Bonchev–Trinajstić information content (AvgIpc) is 2.87. The van der Waals surface area contributed by atoms with Gasteiger partial charge in [0.1, 0.15) is 23.7 Å². The highest BCUT2D eigenvalue weighted by Gasteiger charge is 2.18. The van der Waals surface area contributed by atoms with Crippen molar-refractivity contribution in [3.05, 3.63) is 40.9 Å². The van der Waals surface area contributed by atoms with Gasteiger partial charge in [0.2, 0.25) is 0 Å². The van der Waals surface area contributed by atoms with E-state index in [0.29, 0.717) is 28.7 Å². The Morgan fingerprint density at radius 2 is 2.10 bits per heavy atom. The number of aromatic nitrogens is 3. The van der Waals surface area contributed by atoms with Gasteiger partial charge in [-0.25, -0.2) is 18.1 Å². The van der Waals surface area contributed by atoms with E-state index in [1.807, 2.05) is 6.92 Å². The Hall–Kier alpha value is -1.60. The highest BCUT2D eigenvalue weighted by molar-refractivity contribution is 7.89. The molecule has 0 N–H and O–H groups in total. The summed E-state index contributed by atoms with van der Waals surface area (Å²) in [5.41, 5.74) is 0.542. The number of hydrogen-bond acceptors (Lipinski definition) is 5. The summed E-state index contributed by atoms with van der Waals surface area (Å²) >= 11 is 6.08. The number of hydrogen-bond donors (Lipinski definition) is 0. The highest BCUT2D eigenvalue weighted by Crippen LogP contribution is 2.24. The van der Waals surface area contributed by atoms with Crippen LogP contribution in [0.15, 0.2) is 24.5 Å². The van der Waals surface area contributed by atoms with Gasteiger partial charge in [0.05, 0.1) is 12.9 Å². The van der Waals surface area contributed by atoms with Crippen molar-refractivity contribution in [1.29, 1.82) is 0 Å². The average molecular weight is 330 g/mol. The zero-order chi connectivity index (χ0) is 15.5. The first-order chi connectivity index (χ1) is 9.95. The molecule has 1 aromatic carbocycles. The molecule has 0 aliphatic rings. The van der Waals surface area contributed by atoms with Gasteiger partial charge in [-0.3, -0.25) is 0 Å². The second-order valence-corrected chi connectivity index (χ2v) is 6.95. The van der Waals surface area contributed by atoms with Crippen LogP contribution in [0.2, 0.25) is 5.02 Å². The lowest BCUT2D eigenvalue weighted by molar-refractivity contribution is 0.414. The van der Waals surface area contributed by atoms with Crippen LogP contribution in [0.5, 0.6) is 5.75 Å². The predicted molar refractivity (Wildman–Crippen MR) is 80.0 cm³/mol. The number of aryl methyl sites for hydroxylation is 1. The quantitative estimate of drug-likeness (QED) is 0.811. The van der Waals surface area contributed by atoms with Gasteiger partial charge in [-0.15, -0.1) is 0 Å². The van der Waals surface area contributed by atoms with Crippen molar-refractivity contribution in [3.63, 3.8) is 0 Å². The molecule has 0 aliphatic heterocycles. The molecule has 0 atom stereocenters. The van der Waals surface area contributed by atoms with Crippen molar-refractivity contribution >= 4 is 21.4 Å². The maximum absolute atomic E-state index is 12.3. The molecular weight excluding hydrogens is 314 g/mol. The maximum atomic E-state index is 12.3. The molecule has 0 spiro atoms. The Kier molecular flexibility index (Phi) is 4.84. The zero-order valence-electron chi connectivity index (χ0n) is 11.8. The van der Waals surface area contributed by atoms with Gasteiger partial charge in [-0.05, 0) is 24.6 Å². The number of benzene rings is 1. The van der Waals surface area contributed by atoms with Crippen molar-refractivity contribution in [1.82, 2.24) is 14.8 Å². The molecule has 2 rings (SSSR count). The van der Waals surface area contributed by atoms with E-state index in [-0.39, 0.29) is 11.5 Å². The third-order valence-electron chi connectivity index (χ3n) is 2.98. The van der Waals surface area contributed by atoms with E-state index in [1.54, 1.807) is 22.9 Å². The van der Waals surface area contributed by atoms with Crippen LogP contribution in [0.1, 0.15) is 18.3 Å². The molecule has 0 saturated carbocycles. The molecule has 1 heterocycles. The van der Waals surface area contributed by atoms with Gasteiger partial charge < -0.3 is 4.74 Å². The number of ether oxygens (including phenoxy) is 1. The van der Waals surface area contributed by atoms with Crippen LogP contribution in [-0.4, -0.2) is 30.3 Å². The van der Waals surface area contributed by atoms with Gasteiger partial charge >= 0.3 is 0 Å². The molecule has 8 heteroatoms. The molecule has 0 fully saturated rings. The summed E-state index contributed by atoms with van der Waals surface area (Å²) in [7, 11) is -1.85. The molecule has 6 nitrogen and oxygen atoms in total. The molecule has 21 heavy (non-hydrogen) atoms. The van der Waals surface area contributed by atoms with Crippen molar-refractivity contribution < 1.29 is 13.2 Å². The standard InChI is InChI=1S/C13H16ClN3O3S/c1-3-17-13(15-9-16-17)8-21(18,19)7-10-4-5-11(20-2)6-12(10)14/h4-6,9H,3,7-8H2,1-2H3. The van der Waals surface area contributed by atoms with E-state index in [0.717, 1.165) is 0 Å². The Morgan fingerprint density at radius 3 is 2.71 bits per heavy atom. The Morgan fingerprint density at radius 1 is 1.33 bits per heavy atom. The zero-order valence-corrected chi connectivity index (χ0v) is 13.4. The molecule has 1 aromatic heterocycles. The van der Waals surface area contributed by atoms with Crippen LogP contribution in [0.25, 0.3) is 0 Å². The van der Waals surface area contributed by atoms with Gasteiger partial charge in [-0.2, -0.15) is 5.10 Å². The second kappa shape index (κ2) is 6.44. The summed E-state index contributed by atoms with van der Waals surface area (Å²) in [4.78, 5) is 3.98. The summed E-state index contributed by atoms with van der Waals surface area (Å²) in [6.07, 6.45) is 1.36. The van der Waals surface area contributed by atoms with Crippen molar-refractivity contribution in [3.8, 4) is 5.75 Å². The summed E-state index contributed by atoms with van der Waals surface area (Å²) < 4.78 is 31.1. The minimum Gasteiger partial charge on any atom is -0.497 e. The normalized spacial score (nSPS) is 11.6. The fourth-order valence-corrected chi connectivity index (χ4v) is 3.68. The molecule has 0 saturated heterocycles. The van der Waals surface area contributed by atoms with Crippen LogP contribution in [-0.2, 0) is 27.9 Å². The van der Waals surface area contributed by atoms with Gasteiger partial charge in [0, 0.05) is 11.6 Å². The topological polar surface area (TPSA) is 74.1 Å². The van der Waals surface area contributed by atoms with Gasteiger partial charge in [0.25, 0.3) is 0 Å². The molecule has 114 valence electrons. The minimum absolute atomic E-state index is 0.146. The van der Waals surface area contributed by atoms with Crippen LogP contribution >= 0.6 is 11.6 Å². The smallest absolute Gasteiger partial charge is 0.161 e. The van der Waals surface area contributed by atoms with Gasteiger partial charge in [-0.1, -0.05) is 17.7 Å².